The number of benzene rings is 2. The van der Waals surface area contributed by atoms with Gasteiger partial charge in [0.25, 0.3) is 11.7 Å². The van der Waals surface area contributed by atoms with Crippen LogP contribution >= 0.6 is 0 Å². The monoisotopic (exact) mass is 954 g/mol. The summed E-state index contributed by atoms with van der Waals surface area (Å²) in [5.74, 6) is -9.39. The number of carbonyl (C=O) groups excluding carboxylic acids is 6. The molecule has 4 aliphatic heterocycles. The Labute approximate surface area is 403 Å². The van der Waals surface area contributed by atoms with E-state index in [2.05, 4.69) is 5.32 Å². The van der Waals surface area contributed by atoms with Crippen molar-refractivity contribution in [3.05, 3.63) is 99.6 Å². The highest BCUT2D eigenvalue weighted by molar-refractivity contribution is 6.32. The van der Waals surface area contributed by atoms with Gasteiger partial charge in [-0.3, -0.25) is 24.0 Å². The van der Waals surface area contributed by atoms with E-state index < -0.39 is 94.6 Å². The zero-order chi connectivity index (χ0) is 50.5. The Hall–Kier alpha value is -6.10. The van der Waals surface area contributed by atoms with E-state index in [1.165, 1.54) is 65.4 Å². The van der Waals surface area contributed by atoms with Crippen molar-refractivity contribution in [2.75, 3.05) is 26.8 Å². The summed E-state index contributed by atoms with van der Waals surface area (Å²) < 4.78 is 35.9. The van der Waals surface area contributed by atoms with Gasteiger partial charge in [0.2, 0.25) is 11.6 Å². The van der Waals surface area contributed by atoms with Crippen molar-refractivity contribution >= 4 is 35.2 Å². The summed E-state index contributed by atoms with van der Waals surface area (Å²) in [6.45, 7) is 15.8. The fourth-order valence-corrected chi connectivity index (χ4v) is 9.38. The summed E-state index contributed by atoms with van der Waals surface area (Å²) in [5.41, 5.74) is -1.25. The van der Waals surface area contributed by atoms with E-state index in [0.717, 1.165) is 19.3 Å². The van der Waals surface area contributed by atoms with Gasteiger partial charge in [-0.2, -0.15) is 0 Å². The van der Waals surface area contributed by atoms with Crippen LogP contribution in [0.4, 0.5) is 0 Å². The van der Waals surface area contributed by atoms with Gasteiger partial charge in [0, 0.05) is 68.9 Å². The minimum Gasteiger partial charge on any atom is -0.494 e. The van der Waals surface area contributed by atoms with E-state index in [4.69, 9.17) is 28.4 Å². The highest BCUT2D eigenvalue weighted by Crippen LogP contribution is 2.50. The molecular weight excluding hydrogens is 889 g/mol. The molecule has 372 valence electrons. The summed E-state index contributed by atoms with van der Waals surface area (Å²) in [6, 6.07) is 6.24. The second kappa shape index (κ2) is 22.1. The Morgan fingerprint density at radius 1 is 0.884 bits per heavy atom. The Bertz CT molecular complexity index is 2450. The van der Waals surface area contributed by atoms with Gasteiger partial charge in [-0.25, -0.2) is 4.79 Å². The van der Waals surface area contributed by atoms with Crippen molar-refractivity contribution in [1.29, 1.82) is 0 Å². The van der Waals surface area contributed by atoms with Crippen LogP contribution in [-0.4, -0.2) is 107 Å². The van der Waals surface area contributed by atoms with Gasteiger partial charge >= 0.3 is 17.7 Å². The molecule has 5 bridgehead atoms. The Morgan fingerprint density at radius 2 is 1.57 bits per heavy atom. The summed E-state index contributed by atoms with van der Waals surface area (Å²) in [4.78, 5) is 87.9. The molecule has 3 N–H and O–H groups in total. The van der Waals surface area contributed by atoms with Gasteiger partial charge in [-0.05, 0) is 69.9 Å². The Morgan fingerprint density at radius 3 is 2.20 bits per heavy atom. The van der Waals surface area contributed by atoms with Gasteiger partial charge in [-0.15, -0.1) is 0 Å². The summed E-state index contributed by atoms with van der Waals surface area (Å²) >= 11 is 0. The van der Waals surface area contributed by atoms with Crippen molar-refractivity contribution in [3.8, 4) is 17.2 Å². The maximum absolute atomic E-state index is 15.3. The first-order chi connectivity index (χ1) is 32.8. The van der Waals surface area contributed by atoms with Gasteiger partial charge in [-0.1, -0.05) is 59.3 Å². The number of nitrogens with zero attached hydrogens (tertiary/aromatic N) is 1. The number of methoxy groups -OCH3 is 1. The van der Waals surface area contributed by atoms with Crippen LogP contribution in [-0.2, 0) is 23.8 Å². The molecule has 2 aromatic rings. The number of amides is 1. The van der Waals surface area contributed by atoms with E-state index in [1.807, 2.05) is 6.92 Å². The number of aliphatic hydroxyl groups excluding tert-OH is 2. The number of piperidine rings is 1. The third-order valence-electron chi connectivity index (χ3n) is 13.6. The van der Waals surface area contributed by atoms with Crippen LogP contribution < -0.4 is 19.5 Å². The number of allylic oxidation sites excluding steroid dienone is 4. The molecule has 2 aromatic carbocycles. The predicted octanol–water partition coefficient (Wildman–Crippen LogP) is 7.14. The number of aliphatic hydroxyl groups is 2. The SMILES string of the molecule is CCCCOc1ccc(C(=O)Oc2c(C)c3c4c5c2C(=O)C(=C(N2CCCCC2)C5=O)NC(=O)C(C)=CC=C[C@H](C)[C@H](O)[C@@H](C)[C@H](O)[C@H](C)[C@H](OC(C)=O)[C@H](C)[C@@H](OC)C=CO[C@@](C)(O3)C4=O)cc1. The Balaban J connectivity index is 1.53. The van der Waals surface area contributed by atoms with E-state index in [0.29, 0.717) is 38.3 Å². The molecule has 0 aromatic heterocycles. The van der Waals surface area contributed by atoms with Gasteiger partial charge in [0.05, 0.1) is 53.4 Å². The molecule has 0 saturated carbocycles. The molecule has 9 atom stereocenters. The first kappa shape index (κ1) is 52.3. The minimum atomic E-state index is -2.15. The van der Waals surface area contributed by atoms with E-state index in [1.54, 1.807) is 56.9 Å². The molecule has 4 heterocycles. The molecule has 16 heteroatoms. The van der Waals surface area contributed by atoms with Crippen molar-refractivity contribution in [2.45, 2.75) is 125 Å². The third-order valence-corrected chi connectivity index (χ3v) is 13.6. The van der Waals surface area contributed by atoms with Crippen LogP contribution in [0.1, 0.15) is 134 Å². The summed E-state index contributed by atoms with van der Waals surface area (Å²) in [5, 5.41) is 25.8. The lowest BCUT2D eigenvalue weighted by atomic mass is 9.78. The van der Waals surface area contributed by atoms with Crippen molar-refractivity contribution in [1.82, 2.24) is 10.2 Å². The highest BCUT2D eigenvalue weighted by Gasteiger charge is 2.53. The summed E-state index contributed by atoms with van der Waals surface area (Å²) in [7, 11) is 1.43. The predicted molar refractivity (Wildman–Crippen MR) is 254 cm³/mol. The third kappa shape index (κ3) is 10.9. The van der Waals surface area contributed by atoms with E-state index >= 15 is 9.59 Å². The lowest BCUT2D eigenvalue weighted by Gasteiger charge is -2.38. The molecule has 1 saturated heterocycles. The van der Waals surface area contributed by atoms with Crippen LogP contribution in [0.15, 0.2) is 71.8 Å². The molecular formula is C53H66N2O14. The second-order valence-electron chi connectivity index (χ2n) is 18.7. The number of fused-ring (bicyclic) bond motifs is 14. The van der Waals surface area contributed by atoms with E-state index in [-0.39, 0.29) is 50.7 Å². The number of nitrogens with one attached hydrogen (secondary N) is 1. The van der Waals surface area contributed by atoms with Gasteiger partial charge in [0.1, 0.15) is 34.7 Å². The fourth-order valence-electron chi connectivity index (χ4n) is 9.38. The molecule has 5 aliphatic rings. The van der Waals surface area contributed by atoms with Crippen LogP contribution in [0.2, 0.25) is 0 Å². The number of ketones is 3. The first-order valence-electron chi connectivity index (χ1n) is 23.8. The number of hydrogen-bond acceptors (Lipinski definition) is 15. The number of rotatable bonds is 9. The maximum atomic E-state index is 15.3. The van der Waals surface area contributed by atoms with Crippen LogP contribution in [0.3, 0.4) is 0 Å². The van der Waals surface area contributed by atoms with Crippen LogP contribution in [0, 0.1) is 30.6 Å². The van der Waals surface area contributed by atoms with Crippen LogP contribution in [0.25, 0.3) is 0 Å². The normalized spacial score (nSPS) is 27.9. The zero-order valence-corrected chi connectivity index (χ0v) is 41.2. The number of hydrogen-bond donors (Lipinski definition) is 3. The number of carbonyl (C=O) groups is 6. The van der Waals surface area contributed by atoms with Crippen molar-refractivity contribution in [2.24, 2.45) is 23.7 Å². The minimum absolute atomic E-state index is 0.0342. The molecule has 0 unspecified atom stereocenters. The maximum Gasteiger partial charge on any atom is 0.343 e. The molecule has 0 spiro atoms. The molecule has 0 radical (unpaired) electrons. The first-order valence-corrected chi connectivity index (χ1v) is 23.8. The molecule has 1 fully saturated rings. The zero-order valence-electron chi connectivity index (χ0n) is 41.2. The second-order valence-corrected chi connectivity index (χ2v) is 18.7. The smallest absolute Gasteiger partial charge is 0.343 e. The van der Waals surface area contributed by atoms with E-state index in [9.17, 15) is 29.4 Å². The Kier molecular flexibility index (Phi) is 16.8. The summed E-state index contributed by atoms with van der Waals surface area (Å²) in [6.07, 6.45) is 7.39. The quantitative estimate of drug-likeness (QED) is 0.130. The lowest BCUT2D eigenvalue weighted by Crippen LogP contribution is -2.46. The van der Waals surface area contributed by atoms with Gasteiger partial charge < -0.3 is 48.9 Å². The van der Waals surface area contributed by atoms with Crippen molar-refractivity contribution < 1.29 is 67.4 Å². The van der Waals surface area contributed by atoms with Crippen molar-refractivity contribution in [3.63, 3.8) is 0 Å². The highest BCUT2D eigenvalue weighted by atomic mass is 16.7. The molecule has 69 heavy (non-hydrogen) atoms. The van der Waals surface area contributed by atoms with Gasteiger partial charge in [0.15, 0.2) is 0 Å². The topological polar surface area (TPSA) is 214 Å². The molecule has 7 rings (SSSR count). The number of Topliss-reactive ketones (excluding diaryl/α,β-unsaturated/α-hetero) is 3. The number of esters is 2. The lowest BCUT2D eigenvalue weighted by molar-refractivity contribution is -0.160. The number of ether oxygens (including phenoxy) is 6. The van der Waals surface area contributed by atoms with Crippen LogP contribution in [0.5, 0.6) is 17.2 Å². The standard InChI is InChI=1S/C53H66N2O14/c1-11-12-26-65-36-21-19-35(20-22-36)52(63)68-48-33(7)49-40-38-39(48)45(59)41(42(46(38)60)55-24-14-13-15-25-55)54-51(62)29(3)18-16-17-28(2)43(57)31(5)44(58)32(6)47(67-34(8)56)30(4)37(64-10)23-27-66-53(9,69-49)50(40)61/h16-23,27-28,30-32,37,43-44,47,57-58H,11-15,24-26H2,1-10H3,(H,54,62)/t28-,30+,31+,32-,37-,43-,44-,47+,53-/m0/s1. The molecule has 1 aliphatic carbocycles. The largest absolute Gasteiger partial charge is 0.494 e. The number of unbranched alkanes of at least 4 members (excludes halogenated alkanes) is 1. The molecule has 16 nitrogen and oxygen atoms in total. The average molecular weight is 955 g/mol. The number of likely N-dealkylation sites (tertiary alicyclic amines) is 1. The fraction of sp³-hybridized carbons (Fsp3) is 0.509. The molecule has 1 amide bonds. The average Bonchev–Trinajstić information content (AvgIpc) is 3.60.